The second-order valence-corrected chi connectivity index (χ2v) is 5.74. The van der Waals surface area contributed by atoms with Gasteiger partial charge in [-0.3, -0.25) is 9.89 Å². The number of hydrogen-bond donors (Lipinski definition) is 2. The van der Waals surface area contributed by atoms with Crippen LogP contribution in [-0.4, -0.2) is 16.1 Å². The molecule has 0 saturated heterocycles. The van der Waals surface area contributed by atoms with Crippen molar-refractivity contribution in [3.05, 3.63) is 71.2 Å². The molecule has 0 aliphatic carbocycles. The zero-order valence-corrected chi connectivity index (χ0v) is 13.9. The minimum absolute atomic E-state index is 0.283. The molecule has 3 aromatic rings. The molecule has 0 spiro atoms. The molecule has 2 aromatic carbocycles. The Kier molecular flexibility index (Phi) is 5.06. The fraction of sp³-hybridized carbons (Fsp3) is 0.158. The van der Waals surface area contributed by atoms with Gasteiger partial charge in [0.2, 0.25) is 0 Å². The molecular formula is C19H16F3N3O. The van der Waals surface area contributed by atoms with Crippen molar-refractivity contribution < 1.29 is 18.0 Å². The molecular weight excluding hydrogens is 343 g/mol. The number of nitrogens with zero attached hydrogens (tertiary/aromatic N) is 1. The van der Waals surface area contributed by atoms with E-state index < -0.39 is 28.9 Å². The number of H-pyrrole nitrogens is 1. The van der Waals surface area contributed by atoms with Gasteiger partial charge in [0.1, 0.15) is 28.7 Å². The largest absolute Gasteiger partial charge is 0.318 e. The van der Waals surface area contributed by atoms with Crippen LogP contribution in [0.25, 0.3) is 11.3 Å². The summed E-state index contributed by atoms with van der Waals surface area (Å²) in [7, 11) is 0. The summed E-state index contributed by atoms with van der Waals surface area (Å²) >= 11 is 0. The minimum Gasteiger partial charge on any atom is -0.318 e. The third-order valence-electron chi connectivity index (χ3n) is 3.87. The molecule has 0 unspecified atom stereocenters. The van der Waals surface area contributed by atoms with Gasteiger partial charge in [-0.15, -0.1) is 0 Å². The van der Waals surface area contributed by atoms with Crippen LogP contribution >= 0.6 is 0 Å². The zero-order valence-electron chi connectivity index (χ0n) is 13.9. The highest BCUT2D eigenvalue weighted by Crippen LogP contribution is 2.30. The van der Waals surface area contributed by atoms with E-state index in [4.69, 9.17) is 0 Å². The Hall–Kier alpha value is -3.09. The van der Waals surface area contributed by atoms with Gasteiger partial charge in [-0.1, -0.05) is 31.5 Å². The summed E-state index contributed by atoms with van der Waals surface area (Å²) in [5, 5.41) is 9.47. The first-order valence-corrected chi connectivity index (χ1v) is 8.09. The van der Waals surface area contributed by atoms with E-state index in [-0.39, 0.29) is 5.69 Å². The SMILES string of the molecule is CCCc1[nH]nc(-c2cccc(F)c2)c1NC(=O)c1c(F)cccc1F. The van der Waals surface area contributed by atoms with Crippen molar-refractivity contribution in [3.8, 4) is 11.3 Å². The highest BCUT2D eigenvalue weighted by Gasteiger charge is 2.22. The van der Waals surface area contributed by atoms with E-state index in [1.807, 2.05) is 6.92 Å². The number of carbonyl (C=O) groups excluding carboxylic acids is 1. The number of amides is 1. The summed E-state index contributed by atoms with van der Waals surface area (Å²) in [6.45, 7) is 1.94. The molecule has 0 atom stereocenters. The van der Waals surface area contributed by atoms with Gasteiger partial charge in [0.15, 0.2) is 0 Å². The molecule has 26 heavy (non-hydrogen) atoms. The molecule has 0 aliphatic heterocycles. The van der Waals surface area contributed by atoms with Gasteiger partial charge in [0, 0.05) is 5.56 Å². The third-order valence-corrected chi connectivity index (χ3v) is 3.87. The topological polar surface area (TPSA) is 57.8 Å². The maximum Gasteiger partial charge on any atom is 0.261 e. The number of benzene rings is 2. The van der Waals surface area contributed by atoms with Crippen molar-refractivity contribution in [2.45, 2.75) is 19.8 Å². The lowest BCUT2D eigenvalue weighted by Gasteiger charge is -2.10. The van der Waals surface area contributed by atoms with Crippen LogP contribution < -0.4 is 5.32 Å². The maximum atomic E-state index is 13.9. The van der Waals surface area contributed by atoms with Gasteiger partial charge < -0.3 is 5.32 Å². The highest BCUT2D eigenvalue weighted by atomic mass is 19.1. The van der Waals surface area contributed by atoms with Gasteiger partial charge in [0.25, 0.3) is 5.91 Å². The molecule has 0 fully saturated rings. The monoisotopic (exact) mass is 359 g/mol. The number of carbonyl (C=O) groups is 1. The number of aromatic nitrogens is 2. The molecule has 3 rings (SSSR count). The smallest absolute Gasteiger partial charge is 0.261 e. The predicted octanol–water partition coefficient (Wildman–Crippen LogP) is 4.70. The molecule has 2 N–H and O–H groups in total. The first-order valence-electron chi connectivity index (χ1n) is 8.09. The molecule has 0 radical (unpaired) electrons. The van der Waals surface area contributed by atoms with Crippen LogP contribution in [0.15, 0.2) is 42.5 Å². The van der Waals surface area contributed by atoms with Crippen LogP contribution in [-0.2, 0) is 6.42 Å². The Morgan fingerprint density at radius 3 is 2.46 bits per heavy atom. The van der Waals surface area contributed by atoms with E-state index in [0.29, 0.717) is 23.4 Å². The fourth-order valence-corrected chi connectivity index (χ4v) is 2.68. The Labute approximate surface area is 148 Å². The first kappa shape index (κ1) is 17.7. The van der Waals surface area contributed by atoms with E-state index in [2.05, 4.69) is 15.5 Å². The van der Waals surface area contributed by atoms with Crippen LogP contribution in [0.4, 0.5) is 18.9 Å². The molecule has 0 aliphatic rings. The summed E-state index contributed by atoms with van der Waals surface area (Å²) in [6.07, 6.45) is 1.30. The number of aromatic amines is 1. The lowest BCUT2D eigenvalue weighted by atomic mass is 10.1. The normalized spacial score (nSPS) is 10.8. The van der Waals surface area contributed by atoms with Crippen molar-refractivity contribution in [1.29, 1.82) is 0 Å². The Morgan fingerprint density at radius 1 is 1.12 bits per heavy atom. The Bertz CT molecular complexity index is 933. The van der Waals surface area contributed by atoms with Gasteiger partial charge >= 0.3 is 0 Å². The molecule has 1 heterocycles. The molecule has 1 amide bonds. The van der Waals surface area contributed by atoms with Crippen molar-refractivity contribution in [1.82, 2.24) is 10.2 Å². The number of hydrogen-bond acceptors (Lipinski definition) is 2. The van der Waals surface area contributed by atoms with Gasteiger partial charge in [0.05, 0.1) is 11.4 Å². The summed E-state index contributed by atoms with van der Waals surface area (Å²) in [6, 6.07) is 8.90. The molecule has 1 aromatic heterocycles. The van der Waals surface area contributed by atoms with E-state index in [0.717, 1.165) is 18.6 Å². The number of rotatable bonds is 5. The quantitative estimate of drug-likeness (QED) is 0.694. The van der Waals surface area contributed by atoms with Crippen LogP contribution in [0.2, 0.25) is 0 Å². The minimum atomic E-state index is -0.963. The maximum absolute atomic E-state index is 13.9. The average Bonchev–Trinajstić information content (AvgIpc) is 2.98. The Morgan fingerprint density at radius 2 is 1.81 bits per heavy atom. The highest BCUT2D eigenvalue weighted by molar-refractivity contribution is 6.06. The zero-order chi connectivity index (χ0) is 18.7. The van der Waals surface area contributed by atoms with Crippen molar-refractivity contribution in [2.24, 2.45) is 0 Å². The number of aryl methyl sites for hydroxylation is 1. The molecule has 0 bridgehead atoms. The standard InChI is InChI=1S/C19H16F3N3O/c1-2-5-15-18(17(25-24-15)11-6-3-7-12(20)10-11)23-19(26)16-13(21)8-4-9-14(16)22/h3-4,6-10H,2,5H2,1H3,(H,23,26)(H,24,25). The number of nitrogens with one attached hydrogen (secondary N) is 2. The fourth-order valence-electron chi connectivity index (χ4n) is 2.68. The van der Waals surface area contributed by atoms with Crippen LogP contribution in [0.5, 0.6) is 0 Å². The van der Waals surface area contributed by atoms with E-state index in [1.165, 1.54) is 24.3 Å². The number of halogens is 3. The lowest BCUT2D eigenvalue weighted by Crippen LogP contribution is -2.17. The summed E-state index contributed by atoms with van der Waals surface area (Å²) < 4.78 is 41.3. The summed E-state index contributed by atoms with van der Waals surface area (Å²) in [4.78, 5) is 12.5. The molecule has 4 nitrogen and oxygen atoms in total. The van der Waals surface area contributed by atoms with E-state index in [9.17, 15) is 18.0 Å². The third kappa shape index (κ3) is 3.46. The lowest BCUT2D eigenvalue weighted by molar-refractivity contribution is 0.101. The molecule has 134 valence electrons. The summed E-state index contributed by atoms with van der Waals surface area (Å²) in [5.41, 5.74) is 0.939. The van der Waals surface area contributed by atoms with Crippen molar-refractivity contribution >= 4 is 11.6 Å². The summed E-state index contributed by atoms with van der Waals surface area (Å²) in [5.74, 6) is -3.32. The average molecular weight is 359 g/mol. The van der Waals surface area contributed by atoms with Crippen molar-refractivity contribution in [3.63, 3.8) is 0 Å². The second-order valence-electron chi connectivity index (χ2n) is 5.74. The predicted molar refractivity (Wildman–Crippen MR) is 92.3 cm³/mol. The van der Waals surface area contributed by atoms with Crippen molar-refractivity contribution in [2.75, 3.05) is 5.32 Å². The van der Waals surface area contributed by atoms with E-state index >= 15 is 0 Å². The molecule has 7 heteroatoms. The van der Waals surface area contributed by atoms with Crippen LogP contribution in [0.3, 0.4) is 0 Å². The van der Waals surface area contributed by atoms with Gasteiger partial charge in [-0.05, 0) is 30.7 Å². The first-order chi connectivity index (χ1) is 12.5. The van der Waals surface area contributed by atoms with Crippen LogP contribution in [0, 0.1) is 17.5 Å². The molecule has 0 saturated carbocycles. The van der Waals surface area contributed by atoms with Gasteiger partial charge in [-0.2, -0.15) is 5.10 Å². The van der Waals surface area contributed by atoms with Crippen LogP contribution in [0.1, 0.15) is 29.4 Å². The van der Waals surface area contributed by atoms with Gasteiger partial charge in [-0.25, -0.2) is 13.2 Å². The Balaban J connectivity index is 2.03. The van der Waals surface area contributed by atoms with E-state index in [1.54, 1.807) is 6.07 Å². The second kappa shape index (κ2) is 7.43. The number of anilines is 1.